The van der Waals surface area contributed by atoms with E-state index in [1.54, 1.807) is 6.92 Å². The molecule has 0 radical (unpaired) electrons. The first kappa shape index (κ1) is 13.9. The van der Waals surface area contributed by atoms with E-state index < -0.39 is 6.10 Å². The number of likely N-dealkylation sites (N-methyl/N-ethyl adjacent to an activating group) is 2. The highest BCUT2D eigenvalue weighted by Gasteiger charge is 2.23. The molecule has 0 aliphatic heterocycles. The first-order valence-electron chi connectivity index (χ1n) is 4.82. The van der Waals surface area contributed by atoms with Crippen LogP contribution >= 0.6 is 0 Å². The molecule has 0 saturated heterocycles. The van der Waals surface area contributed by atoms with Gasteiger partial charge in [-0.1, -0.05) is 0 Å². The van der Waals surface area contributed by atoms with Gasteiger partial charge >= 0.3 is 0 Å². The van der Waals surface area contributed by atoms with Crippen LogP contribution in [0.25, 0.3) is 0 Å². The summed E-state index contributed by atoms with van der Waals surface area (Å²) >= 11 is 0. The molecule has 0 aliphatic rings. The molecule has 0 aromatic rings. The van der Waals surface area contributed by atoms with Gasteiger partial charge in [-0.25, -0.2) is 0 Å². The third-order valence-electron chi connectivity index (χ3n) is 2.08. The van der Waals surface area contributed by atoms with Crippen molar-refractivity contribution in [3.8, 4) is 0 Å². The zero-order valence-corrected chi connectivity index (χ0v) is 9.45. The number of rotatable bonds is 6. The second kappa shape index (κ2) is 7.19. The Labute approximate surface area is 89.7 Å². The molecule has 3 N–H and O–H groups in total. The highest BCUT2D eigenvalue weighted by molar-refractivity contribution is 5.87. The molecule has 0 aliphatic carbocycles. The Kier molecular flexibility index (Phi) is 6.64. The van der Waals surface area contributed by atoms with E-state index in [0.29, 0.717) is 6.54 Å². The van der Waals surface area contributed by atoms with Crippen LogP contribution in [0.4, 0.5) is 0 Å². The highest BCUT2D eigenvalue weighted by Crippen LogP contribution is 1.97. The van der Waals surface area contributed by atoms with Gasteiger partial charge in [-0.05, 0) is 6.92 Å². The third kappa shape index (κ3) is 4.26. The molecular formula is C9H19N3O3. The summed E-state index contributed by atoms with van der Waals surface area (Å²) in [5, 5.41) is 2.45. The number of nitrogens with zero attached hydrogens (tertiary/aromatic N) is 1. The van der Waals surface area contributed by atoms with Crippen LogP contribution in [0.3, 0.4) is 0 Å². The molecule has 0 fully saturated rings. The first-order chi connectivity index (χ1) is 7.10. The lowest BCUT2D eigenvalue weighted by Crippen LogP contribution is -2.47. The summed E-state index contributed by atoms with van der Waals surface area (Å²) in [6.07, 6.45) is -0.672. The molecule has 0 saturated carbocycles. The van der Waals surface area contributed by atoms with Gasteiger partial charge in [0.2, 0.25) is 5.91 Å². The van der Waals surface area contributed by atoms with Crippen molar-refractivity contribution in [2.45, 2.75) is 13.0 Å². The third-order valence-corrected chi connectivity index (χ3v) is 2.08. The van der Waals surface area contributed by atoms with Crippen LogP contribution in [0.15, 0.2) is 0 Å². The number of amides is 2. The fourth-order valence-corrected chi connectivity index (χ4v) is 1.10. The van der Waals surface area contributed by atoms with Crippen molar-refractivity contribution in [1.29, 1.82) is 0 Å². The van der Waals surface area contributed by atoms with E-state index in [1.165, 1.54) is 19.1 Å². The van der Waals surface area contributed by atoms with Crippen molar-refractivity contribution in [1.82, 2.24) is 10.2 Å². The van der Waals surface area contributed by atoms with E-state index in [2.05, 4.69) is 5.32 Å². The van der Waals surface area contributed by atoms with Crippen molar-refractivity contribution in [2.24, 2.45) is 5.73 Å². The Morgan fingerprint density at radius 3 is 2.47 bits per heavy atom. The maximum absolute atomic E-state index is 11.7. The van der Waals surface area contributed by atoms with Gasteiger partial charge < -0.3 is 20.7 Å². The number of nitrogens with one attached hydrogen (secondary N) is 1. The van der Waals surface area contributed by atoms with E-state index in [-0.39, 0.29) is 24.9 Å². The second-order valence-electron chi connectivity index (χ2n) is 2.99. The van der Waals surface area contributed by atoms with Crippen molar-refractivity contribution >= 4 is 11.8 Å². The van der Waals surface area contributed by atoms with Gasteiger partial charge in [0.1, 0.15) is 6.10 Å². The summed E-state index contributed by atoms with van der Waals surface area (Å²) in [5.74, 6) is -0.469. The lowest BCUT2D eigenvalue weighted by Gasteiger charge is -2.23. The van der Waals surface area contributed by atoms with Gasteiger partial charge in [-0.15, -0.1) is 0 Å². The summed E-state index contributed by atoms with van der Waals surface area (Å²) in [6.45, 7) is 2.39. The van der Waals surface area contributed by atoms with E-state index in [9.17, 15) is 9.59 Å². The molecular weight excluding hydrogens is 198 g/mol. The summed E-state index contributed by atoms with van der Waals surface area (Å²) in [7, 11) is 2.94. The smallest absolute Gasteiger partial charge is 0.253 e. The monoisotopic (exact) mass is 217 g/mol. The van der Waals surface area contributed by atoms with Crippen LogP contribution in [0.2, 0.25) is 0 Å². The minimum Gasteiger partial charge on any atom is -0.370 e. The zero-order valence-electron chi connectivity index (χ0n) is 9.45. The molecule has 0 heterocycles. The van der Waals surface area contributed by atoms with Crippen molar-refractivity contribution in [3.63, 3.8) is 0 Å². The standard InChI is InChI=1S/C9H19N3O3/c1-4-12(6-8(13)11-2)9(14)7(5-10)15-3/h7H,4-6,10H2,1-3H3,(H,11,13). The number of ether oxygens (including phenoxy) is 1. The first-order valence-corrected chi connectivity index (χ1v) is 4.82. The summed E-state index contributed by atoms with van der Waals surface area (Å²) in [5.41, 5.74) is 5.37. The van der Waals surface area contributed by atoms with Crippen LogP contribution < -0.4 is 11.1 Å². The van der Waals surface area contributed by atoms with E-state index in [0.717, 1.165) is 0 Å². The topological polar surface area (TPSA) is 84.7 Å². The molecule has 6 nitrogen and oxygen atoms in total. The molecule has 88 valence electrons. The summed E-state index contributed by atoms with van der Waals surface area (Å²) in [6, 6.07) is 0. The number of carbonyl (C=O) groups is 2. The molecule has 0 rings (SSSR count). The number of carbonyl (C=O) groups excluding carboxylic acids is 2. The number of nitrogens with two attached hydrogens (primary N) is 1. The van der Waals surface area contributed by atoms with Crippen LogP contribution in [0.5, 0.6) is 0 Å². The van der Waals surface area contributed by atoms with Gasteiger partial charge in [-0.3, -0.25) is 9.59 Å². The number of methoxy groups -OCH3 is 1. The minimum absolute atomic E-state index is 0.0334. The molecule has 1 atom stereocenters. The minimum atomic E-state index is -0.672. The average Bonchev–Trinajstić information content (AvgIpc) is 2.26. The molecule has 0 spiro atoms. The molecule has 0 aromatic heterocycles. The summed E-state index contributed by atoms with van der Waals surface area (Å²) in [4.78, 5) is 24.2. The number of hydrogen-bond acceptors (Lipinski definition) is 4. The van der Waals surface area contributed by atoms with Crippen molar-refractivity contribution in [3.05, 3.63) is 0 Å². The van der Waals surface area contributed by atoms with Gasteiger partial charge in [0, 0.05) is 27.2 Å². The lowest BCUT2D eigenvalue weighted by molar-refractivity contribution is -0.144. The largest absolute Gasteiger partial charge is 0.370 e. The Morgan fingerprint density at radius 1 is 1.53 bits per heavy atom. The maximum Gasteiger partial charge on any atom is 0.253 e. The van der Waals surface area contributed by atoms with Gasteiger partial charge in [0.25, 0.3) is 5.91 Å². The fourth-order valence-electron chi connectivity index (χ4n) is 1.10. The van der Waals surface area contributed by atoms with Crippen molar-refractivity contribution < 1.29 is 14.3 Å². The summed E-state index contributed by atoms with van der Waals surface area (Å²) < 4.78 is 4.91. The van der Waals surface area contributed by atoms with Crippen LogP contribution in [-0.4, -0.2) is 56.6 Å². The Hall–Kier alpha value is -1.14. The van der Waals surface area contributed by atoms with Gasteiger partial charge in [0.15, 0.2) is 0 Å². The second-order valence-corrected chi connectivity index (χ2v) is 2.99. The molecule has 1 unspecified atom stereocenters. The normalized spacial score (nSPS) is 12.0. The van der Waals surface area contributed by atoms with E-state index >= 15 is 0 Å². The Balaban J connectivity index is 4.38. The number of hydrogen-bond donors (Lipinski definition) is 2. The maximum atomic E-state index is 11.7. The van der Waals surface area contributed by atoms with E-state index in [4.69, 9.17) is 10.5 Å². The highest BCUT2D eigenvalue weighted by atomic mass is 16.5. The van der Waals surface area contributed by atoms with Gasteiger partial charge in [-0.2, -0.15) is 0 Å². The van der Waals surface area contributed by atoms with Crippen LogP contribution in [0.1, 0.15) is 6.92 Å². The predicted molar refractivity (Wildman–Crippen MR) is 56.2 cm³/mol. The Morgan fingerprint density at radius 2 is 2.13 bits per heavy atom. The quantitative estimate of drug-likeness (QED) is 0.570. The molecule has 0 aromatic carbocycles. The zero-order chi connectivity index (χ0) is 11.8. The Bertz CT molecular complexity index is 217. The van der Waals surface area contributed by atoms with Crippen LogP contribution in [-0.2, 0) is 14.3 Å². The van der Waals surface area contributed by atoms with E-state index in [1.807, 2.05) is 0 Å². The molecule has 6 heteroatoms. The average molecular weight is 217 g/mol. The predicted octanol–water partition coefficient (Wildman–Crippen LogP) is -1.45. The van der Waals surface area contributed by atoms with Crippen LogP contribution in [0, 0.1) is 0 Å². The molecule has 2 amide bonds. The SMILES string of the molecule is CCN(CC(=O)NC)C(=O)C(CN)OC. The fraction of sp³-hybridized carbons (Fsp3) is 0.778. The molecule has 15 heavy (non-hydrogen) atoms. The lowest BCUT2D eigenvalue weighted by atomic mass is 10.3. The van der Waals surface area contributed by atoms with Gasteiger partial charge in [0.05, 0.1) is 6.54 Å². The van der Waals surface area contributed by atoms with Crippen molar-refractivity contribution in [2.75, 3.05) is 33.8 Å². The molecule has 0 bridgehead atoms.